The Balaban J connectivity index is 1.74. The van der Waals surface area contributed by atoms with Gasteiger partial charge in [0.05, 0.1) is 6.54 Å². The molecule has 0 unspecified atom stereocenters. The number of guanidine groups is 1. The van der Waals surface area contributed by atoms with E-state index >= 15 is 0 Å². The molecule has 1 heterocycles. The van der Waals surface area contributed by atoms with Crippen molar-refractivity contribution in [2.45, 2.75) is 19.9 Å². The lowest BCUT2D eigenvalue weighted by molar-refractivity contribution is 0.626. The van der Waals surface area contributed by atoms with E-state index in [-0.39, 0.29) is 5.82 Å². The fraction of sp³-hybridized carbons (Fsp3) is 0.312. The normalized spacial score (nSPS) is 11.5. The third-order valence-electron chi connectivity index (χ3n) is 3.07. The Kier molecular flexibility index (Phi) is 5.75. The number of aryl methyl sites for hydroxylation is 1. The van der Waals surface area contributed by atoms with Crippen LogP contribution in [0.4, 0.5) is 4.39 Å². The van der Waals surface area contributed by atoms with Crippen molar-refractivity contribution in [3.8, 4) is 0 Å². The van der Waals surface area contributed by atoms with E-state index < -0.39 is 0 Å². The molecule has 1 aromatic carbocycles. The van der Waals surface area contributed by atoms with Crippen LogP contribution in [-0.2, 0) is 13.0 Å². The molecule has 2 rings (SSSR count). The molecule has 0 bridgehead atoms. The summed E-state index contributed by atoms with van der Waals surface area (Å²) in [5.74, 6) is 0.582. The van der Waals surface area contributed by atoms with Crippen LogP contribution in [0.1, 0.15) is 15.3 Å². The quantitative estimate of drug-likeness (QED) is 0.658. The lowest BCUT2D eigenvalue weighted by atomic mass is 10.1. The molecule has 0 saturated carbocycles. The Morgan fingerprint density at radius 3 is 2.52 bits per heavy atom. The van der Waals surface area contributed by atoms with Crippen LogP contribution >= 0.6 is 11.3 Å². The standard InChI is InChI=1S/C16H20FN3S/c1-12-3-8-15(21-12)11-20-16(18-2)19-10-9-13-4-6-14(17)7-5-13/h3-8H,9-11H2,1-2H3,(H2,18,19,20). The van der Waals surface area contributed by atoms with Crippen molar-refractivity contribution in [3.63, 3.8) is 0 Å². The molecule has 0 saturated heterocycles. The first-order chi connectivity index (χ1) is 10.2. The third-order valence-corrected chi connectivity index (χ3v) is 4.07. The van der Waals surface area contributed by atoms with E-state index in [1.165, 1.54) is 21.9 Å². The van der Waals surface area contributed by atoms with Gasteiger partial charge in [0.25, 0.3) is 0 Å². The summed E-state index contributed by atoms with van der Waals surface area (Å²) in [4.78, 5) is 6.79. The highest BCUT2D eigenvalue weighted by Crippen LogP contribution is 2.14. The maximum absolute atomic E-state index is 12.8. The van der Waals surface area contributed by atoms with E-state index in [0.717, 1.165) is 31.0 Å². The summed E-state index contributed by atoms with van der Waals surface area (Å²) in [5.41, 5.74) is 1.10. The van der Waals surface area contributed by atoms with Gasteiger partial charge in [-0.1, -0.05) is 12.1 Å². The van der Waals surface area contributed by atoms with Crippen LogP contribution in [0, 0.1) is 12.7 Å². The average Bonchev–Trinajstić information content (AvgIpc) is 2.90. The minimum atomic E-state index is -0.199. The van der Waals surface area contributed by atoms with Gasteiger partial charge in [-0.3, -0.25) is 4.99 Å². The zero-order valence-corrected chi connectivity index (χ0v) is 13.1. The van der Waals surface area contributed by atoms with Gasteiger partial charge in [-0.25, -0.2) is 4.39 Å². The lowest BCUT2D eigenvalue weighted by Gasteiger charge is -2.11. The molecule has 0 aliphatic carbocycles. The molecular formula is C16H20FN3S. The average molecular weight is 305 g/mol. The summed E-state index contributed by atoms with van der Waals surface area (Å²) in [6.45, 7) is 3.63. The molecule has 2 aromatic rings. The van der Waals surface area contributed by atoms with Crippen molar-refractivity contribution < 1.29 is 4.39 Å². The fourth-order valence-electron chi connectivity index (χ4n) is 1.95. The topological polar surface area (TPSA) is 36.4 Å². The number of benzene rings is 1. The zero-order valence-electron chi connectivity index (χ0n) is 12.3. The van der Waals surface area contributed by atoms with Gasteiger partial charge in [-0.05, 0) is 43.2 Å². The first kappa shape index (κ1) is 15.5. The smallest absolute Gasteiger partial charge is 0.191 e. The SMILES string of the molecule is CN=C(NCCc1ccc(F)cc1)NCc1ccc(C)s1. The highest BCUT2D eigenvalue weighted by Gasteiger charge is 2.00. The first-order valence-corrected chi connectivity index (χ1v) is 7.73. The minimum Gasteiger partial charge on any atom is -0.356 e. The Bertz CT molecular complexity index is 590. The Morgan fingerprint density at radius 1 is 1.14 bits per heavy atom. The maximum Gasteiger partial charge on any atom is 0.191 e. The number of rotatable bonds is 5. The van der Waals surface area contributed by atoms with Crippen LogP contribution in [0.15, 0.2) is 41.4 Å². The number of aliphatic imine (C=N–C) groups is 1. The number of thiophene rings is 1. The van der Waals surface area contributed by atoms with Crippen LogP contribution in [0.2, 0.25) is 0 Å². The van der Waals surface area contributed by atoms with Crippen LogP contribution < -0.4 is 10.6 Å². The van der Waals surface area contributed by atoms with Crippen LogP contribution in [0.25, 0.3) is 0 Å². The third kappa shape index (κ3) is 5.19. The predicted octanol–water partition coefficient (Wildman–Crippen LogP) is 3.10. The van der Waals surface area contributed by atoms with Crippen LogP contribution in [-0.4, -0.2) is 19.6 Å². The van der Waals surface area contributed by atoms with Gasteiger partial charge in [-0.2, -0.15) is 0 Å². The summed E-state index contributed by atoms with van der Waals surface area (Å²) >= 11 is 1.78. The second-order valence-corrected chi connectivity index (χ2v) is 6.11. The van der Waals surface area contributed by atoms with Crippen LogP contribution in [0.5, 0.6) is 0 Å². The number of hydrogen-bond acceptors (Lipinski definition) is 2. The summed E-state index contributed by atoms with van der Waals surface area (Å²) in [7, 11) is 1.76. The largest absolute Gasteiger partial charge is 0.356 e. The zero-order chi connectivity index (χ0) is 15.1. The van der Waals surface area contributed by atoms with Gasteiger partial charge in [0.15, 0.2) is 5.96 Å². The van der Waals surface area contributed by atoms with Gasteiger partial charge in [0.2, 0.25) is 0 Å². The molecule has 0 aliphatic heterocycles. The Morgan fingerprint density at radius 2 is 1.90 bits per heavy atom. The number of halogens is 1. The Labute approximate surface area is 128 Å². The van der Waals surface area contributed by atoms with Gasteiger partial charge >= 0.3 is 0 Å². The molecule has 0 atom stereocenters. The molecule has 5 heteroatoms. The minimum absolute atomic E-state index is 0.199. The fourth-order valence-corrected chi connectivity index (χ4v) is 2.78. The highest BCUT2D eigenvalue weighted by molar-refractivity contribution is 7.11. The molecule has 3 nitrogen and oxygen atoms in total. The first-order valence-electron chi connectivity index (χ1n) is 6.91. The monoisotopic (exact) mass is 305 g/mol. The van der Waals surface area contributed by atoms with E-state index in [2.05, 4.69) is 34.7 Å². The predicted molar refractivity (Wildman–Crippen MR) is 87.4 cm³/mol. The van der Waals surface area contributed by atoms with Crippen molar-refractivity contribution in [3.05, 3.63) is 57.5 Å². The lowest BCUT2D eigenvalue weighted by Crippen LogP contribution is -2.37. The molecule has 0 aliphatic rings. The molecule has 112 valence electrons. The second kappa shape index (κ2) is 7.78. The number of hydrogen-bond donors (Lipinski definition) is 2. The molecule has 0 spiro atoms. The number of nitrogens with zero attached hydrogens (tertiary/aromatic N) is 1. The highest BCUT2D eigenvalue weighted by atomic mass is 32.1. The molecule has 1 aromatic heterocycles. The van der Waals surface area contributed by atoms with Crippen LogP contribution in [0.3, 0.4) is 0 Å². The van der Waals surface area contributed by atoms with Crippen molar-refractivity contribution in [2.24, 2.45) is 4.99 Å². The number of nitrogens with one attached hydrogen (secondary N) is 2. The van der Waals surface area contributed by atoms with Crippen molar-refractivity contribution in [1.29, 1.82) is 0 Å². The summed E-state index contributed by atoms with van der Waals surface area (Å²) < 4.78 is 12.8. The maximum atomic E-state index is 12.8. The Hall–Kier alpha value is -1.88. The second-order valence-electron chi connectivity index (χ2n) is 4.74. The summed E-state index contributed by atoms with van der Waals surface area (Å²) in [5, 5.41) is 6.54. The molecule has 0 fully saturated rings. The van der Waals surface area contributed by atoms with Crippen molar-refractivity contribution in [1.82, 2.24) is 10.6 Å². The molecule has 0 amide bonds. The van der Waals surface area contributed by atoms with Gasteiger partial charge in [0, 0.05) is 23.3 Å². The van der Waals surface area contributed by atoms with E-state index in [4.69, 9.17) is 0 Å². The van der Waals surface area contributed by atoms with Gasteiger partial charge in [-0.15, -0.1) is 11.3 Å². The van der Waals surface area contributed by atoms with E-state index in [9.17, 15) is 4.39 Å². The molecular weight excluding hydrogens is 285 g/mol. The van der Waals surface area contributed by atoms with E-state index in [1.807, 2.05) is 12.1 Å². The van der Waals surface area contributed by atoms with E-state index in [1.54, 1.807) is 18.4 Å². The van der Waals surface area contributed by atoms with Gasteiger partial charge in [0.1, 0.15) is 5.82 Å². The molecule has 21 heavy (non-hydrogen) atoms. The van der Waals surface area contributed by atoms with Crippen molar-refractivity contribution >= 4 is 17.3 Å². The summed E-state index contributed by atoms with van der Waals surface area (Å²) in [6, 6.07) is 10.8. The molecule has 0 radical (unpaired) electrons. The van der Waals surface area contributed by atoms with Crippen molar-refractivity contribution in [2.75, 3.05) is 13.6 Å². The van der Waals surface area contributed by atoms with Gasteiger partial charge < -0.3 is 10.6 Å². The molecule has 2 N–H and O–H groups in total. The van der Waals surface area contributed by atoms with E-state index in [0.29, 0.717) is 0 Å². The summed E-state index contributed by atoms with van der Waals surface area (Å²) in [6.07, 6.45) is 0.832.